The standard InChI is InChI=1S/C15H14N6O/c1-22-14-9(6-8-4-2-3-5-10(8)19-14)11-12-13(18-7-17-12)21-15(16)20-11/h2-7,13H,1H3,(H,17,18)(H3,16,20,21). The third kappa shape index (κ3) is 1.86. The van der Waals surface area contributed by atoms with Gasteiger partial charge in [0.2, 0.25) is 5.88 Å². The molecule has 1 aromatic heterocycles. The van der Waals surface area contributed by atoms with Gasteiger partial charge in [-0.2, -0.15) is 0 Å². The number of nitrogens with zero attached hydrogens (tertiary/aromatic N) is 3. The van der Waals surface area contributed by atoms with Crippen molar-refractivity contribution in [3.05, 3.63) is 41.6 Å². The van der Waals surface area contributed by atoms with Gasteiger partial charge in [0.25, 0.3) is 0 Å². The highest BCUT2D eigenvalue weighted by Crippen LogP contribution is 2.31. The van der Waals surface area contributed by atoms with Gasteiger partial charge in [-0.15, -0.1) is 0 Å². The van der Waals surface area contributed by atoms with Crippen LogP contribution in [0.5, 0.6) is 5.88 Å². The summed E-state index contributed by atoms with van der Waals surface area (Å²) < 4.78 is 5.46. The third-order valence-corrected chi connectivity index (χ3v) is 3.63. The number of pyridine rings is 1. The molecule has 0 amide bonds. The zero-order valence-electron chi connectivity index (χ0n) is 11.9. The summed E-state index contributed by atoms with van der Waals surface area (Å²) in [7, 11) is 1.60. The fourth-order valence-electron chi connectivity index (χ4n) is 2.63. The molecule has 2 aliphatic rings. The maximum atomic E-state index is 5.86. The summed E-state index contributed by atoms with van der Waals surface area (Å²) in [4.78, 5) is 13.0. The molecule has 4 N–H and O–H groups in total. The Kier molecular flexibility index (Phi) is 2.72. The van der Waals surface area contributed by atoms with Crippen LogP contribution in [0.15, 0.2) is 46.0 Å². The van der Waals surface area contributed by atoms with Crippen molar-refractivity contribution in [2.75, 3.05) is 7.11 Å². The number of ether oxygens (including phenoxy) is 1. The summed E-state index contributed by atoms with van der Waals surface area (Å²) in [6, 6.07) is 9.90. The van der Waals surface area contributed by atoms with Gasteiger partial charge < -0.3 is 21.1 Å². The molecule has 0 fully saturated rings. The molecule has 22 heavy (non-hydrogen) atoms. The Morgan fingerprint density at radius 2 is 2.14 bits per heavy atom. The summed E-state index contributed by atoms with van der Waals surface area (Å²) >= 11 is 0. The molecule has 4 rings (SSSR count). The van der Waals surface area contributed by atoms with Crippen LogP contribution in [0.3, 0.4) is 0 Å². The average Bonchev–Trinajstić information content (AvgIpc) is 3.01. The fourth-order valence-corrected chi connectivity index (χ4v) is 2.63. The monoisotopic (exact) mass is 294 g/mol. The minimum absolute atomic E-state index is 0.319. The van der Waals surface area contributed by atoms with Gasteiger partial charge in [0.1, 0.15) is 0 Å². The first kappa shape index (κ1) is 12.6. The Bertz CT molecular complexity index is 854. The van der Waals surface area contributed by atoms with Crippen molar-refractivity contribution >= 4 is 28.9 Å². The lowest BCUT2D eigenvalue weighted by molar-refractivity contribution is 0.398. The van der Waals surface area contributed by atoms with E-state index < -0.39 is 0 Å². The highest BCUT2D eigenvalue weighted by Gasteiger charge is 2.28. The molecule has 0 spiro atoms. The first-order chi connectivity index (χ1) is 10.8. The Hall–Kier alpha value is -3.09. The van der Waals surface area contributed by atoms with Crippen LogP contribution < -0.4 is 21.1 Å². The molecule has 3 heterocycles. The maximum absolute atomic E-state index is 5.86. The summed E-state index contributed by atoms with van der Waals surface area (Å²) in [6.45, 7) is 0. The zero-order chi connectivity index (χ0) is 15.1. The fraction of sp³-hybridized carbons (Fsp3) is 0.133. The lowest BCUT2D eigenvalue weighted by atomic mass is 10.1. The number of aliphatic imine (C=N–C) groups is 2. The van der Waals surface area contributed by atoms with Gasteiger partial charge in [-0.3, -0.25) is 0 Å². The van der Waals surface area contributed by atoms with Crippen LogP contribution in [0.2, 0.25) is 0 Å². The number of benzene rings is 1. The van der Waals surface area contributed by atoms with Crippen LogP contribution in [0.1, 0.15) is 5.56 Å². The number of hydrogen-bond acceptors (Lipinski definition) is 7. The van der Waals surface area contributed by atoms with E-state index >= 15 is 0 Å². The van der Waals surface area contributed by atoms with E-state index in [-0.39, 0.29) is 6.17 Å². The number of para-hydroxylation sites is 1. The van der Waals surface area contributed by atoms with Crippen LogP contribution >= 0.6 is 0 Å². The van der Waals surface area contributed by atoms with Crippen LogP contribution in [0.4, 0.5) is 0 Å². The van der Waals surface area contributed by atoms with E-state index in [2.05, 4.69) is 25.6 Å². The Morgan fingerprint density at radius 1 is 1.27 bits per heavy atom. The minimum Gasteiger partial charge on any atom is -0.480 e. The summed E-state index contributed by atoms with van der Waals surface area (Å²) in [5, 5.41) is 7.21. The number of nitrogens with two attached hydrogens (primary N) is 1. The van der Waals surface area contributed by atoms with Crippen molar-refractivity contribution in [2.45, 2.75) is 6.17 Å². The first-order valence-corrected chi connectivity index (χ1v) is 6.83. The second-order valence-electron chi connectivity index (χ2n) is 4.96. The van der Waals surface area contributed by atoms with E-state index in [0.29, 0.717) is 11.8 Å². The molecular weight excluding hydrogens is 280 g/mol. The van der Waals surface area contributed by atoms with Gasteiger partial charge in [-0.25, -0.2) is 15.0 Å². The van der Waals surface area contributed by atoms with E-state index in [1.165, 1.54) is 0 Å². The molecule has 0 aliphatic carbocycles. The second-order valence-corrected chi connectivity index (χ2v) is 4.96. The van der Waals surface area contributed by atoms with Gasteiger partial charge in [0, 0.05) is 5.39 Å². The lowest BCUT2D eigenvalue weighted by Crippen LogP contribution is -2.38. The highest BCUT2D eigenvalue weighted by atomic mass is 16.5. The average molecular weight is 294 g/mol. The van der Waals surface area contributed by atoms with Crippen molar-refractivity contribution in [1.82, 2.24) is 15.6 Å². The topological polar surface area (TPSA) is 96.9 Å². The molecule has 1 atom stereocenters. The SMILES string of the molecule is COc1nc2ccccc2cc1C1=C2NC=NC2N=C(N)N1. The van der Waals surface area contributed by atoms with E-state index in [0.717, 1.165) is 27.9 Å². The zero-order valence-corrected chi connectivity index (χ0v) is 11.9. The lowest BCUT2D eigenvalue weighted by Gasteiger charge is -2.22. The summed E-state index contributed by atoms with van der Waals surface area (Å²) in [5.41, 5.74) is 9.17. The molecule has 0 bridgehead atoms. The molecule has 0 radical (unpaired) electrons. The normalized spacial score (nSPS) is 19.5. The van der Waals surface area contributed by atoms with Gasteiger partial charge >= 0.3 is 0 Å². The van der Waals surface area contributed by atoms with Gasteiger partial charge in [0.15, 0.2) is 12.1 Å². The van der Waals surface area contributed by atoms with Crippen LogP contribution in [-0.2, 0) is 0 Å². The van der Waals surface area contributed by atoms with Crippen molar-refractivity contribution in [2.24, 2.45) is 15.7 Å². The molecule has 7 nitrogen and oxygen atoms in total. The Morgan fingerprint density at radius 3 is 3.00 bits per heavy atom. The predicted octanol–water partition coefficient (Wildman–Crippen LogP) is 0.788. The number of guanidine groups is 1. The number of rotatable bonds is 2. The number of methoxy groups -OCH3 is 1. The number of hydrogen-bond donors (Lipinski definition) is 3. The van der Waals surface area contributed by atoms with Crippen LogP contribution in [0, 0.1) is 0 Å². The van der Waals surface area contributed by atoms with Crippen LogP contribution in [-0.4, -0.2) is 30.6 Å². The first-order valence-electron chi connectivity index (χ1n) is 6.83. The Labute approximate surface area is 126 Å². The Balaban J connectivity index is 1.93. The quantitative estimate of drug-likeness (QED) is 0.761. The molecule has 2 aromatic rings. The molecule has 2 aliphatic heterocycles. The summed E-state index contributed by atoms with van der Waals surface area (Å²) in [6.07, 6.45) is 1.28. The van der Waals surface area contributed by atoms with E-state index in [1.807, 2.05) is 30.3 Å². The van der Waals surface area contributed by atoms with Crippen molar-refractivity contribution in [1.29, 1.82) is 0 Å². The second kappa shape index (κ2) is 4.73. The van der Waals surface area contributed by atoms with E-state index in [4.69, 9.17) is 10.5 Å². The van der Waals surface area contributed by atoms with Crippen molar-refractivity contribution in [3.8, 4) is 5.88 Å². The van der Waals surface area contributed by atoms with E-state index in [1.54, 1.807) is 13.4 Å². The largest absolute Gasteiger partial charge is 0.480 e. The molecule has 7 heteroatoms. The number of aromatic nitrogens is 1. The van der Waals surface area contributed by atoms with E-state index in [9.17, 15) is 0 Å². The molecule has 110 valence electrons. The number of nitrogens with one attached hydrogen (secondary N) is 2. The minimum atomic E-state index is -0.340. The van der Waals surface area contributed by atoms with Gasteiger partial charge in [-0.05, 0) is 12.1 Å². The van der Waals surface area contributed by atoms with Crippen LogP contribution in [0.25, 0.3) is 16.6 Å². The summed E-state index contributed by atoms with van der Waals surface area (Å²) in [5.74, 6) is 0.843. The van der Waals surface area contributed by atoms with Crippen molar-refractivity contribution in [3.63, 3.8) is 0 Å². The molecule has 0 saturated heterocycles. The van der Waals surface area contributed by atoms with Gasteiger partial charge in [-0.1, -0.05) is 18.2 Å². The number of fused-ring (bicyclic) bond motifs is 2. The highest BCUT2D eigenvalue weighted by molar-refractivity contribution is 5.95. The predicted molar refractivity (Wildman–Crippen MR) is 85.4 cm³/mol. The third-order valence-electron chi connectivity index (χ3n) is 3.63. The molecule has 1 aromatic carbocycles. The molecule has 0 saturated carbocycles. The maximum Gasteiger partial charge on any atom is 0.223 e. The van der Waals surface area contributed by atoms with Gasteiger partial charge in [0.05, 0.1) is 35.9 Å². The van der Waals surface area contributed by atoms with Crippen molar-refractivity contribution < 1.29 is 4.74 Å². The molecular formula is C15H14N6O. The molecule has 1 unspecified atom stereocenters. The smallest absolute Gasteiger partial charge is 0.223 e.